The van der Waals surface area contributed by atoms with Crippen LogP contribution in [0, 0.1) is 5.82 Å². The molecule has 6 heteroatoms. The number of benzene rings is 2. The third-order valence-electron chi connectivity index (χ3n) is 4.34. The van der Waals surface area contributed by atoms with Crippen LogP contribution in [0.3, 0.4) is 0 Å². The Bertz CT molecular complexity index is 1010. The van der Waals surface area contributed by atoms with Gasteiger partial charge in [0.2, 0.25) is 0 Å². The first-order valence-electron chi connectivity index (χ1n) is 8.96. The monoisotopic (exact) mass is 380 g/mol. The number of nitrogens with one attached hydrogen (secondary N) is 1. The van der Waals surface area contributed by atoms with Crippen molar-refractivity contribution in [1.82, 2.24) is 9.88 Å². The second-order valence-corrected chi connectivity index (χ2v) is 6.31. The lowest BCUT2D eigenvalue weighted by molar-refractivity contribution is 0.0952. The lowest BCUT2D eigenvalue weighted by Crippen LogP contribution is -2.27. The number of hydrogen-bond donors (Lipinski definition) is 1. The number of nitrogens with zero attached hydrogens (tertiary/aromatic N) is 1. The van der Waals surface area contributed by atoms with E-state index in [4.69, 9.17) is 4.74 Å². The van der Waals surface area contributed by atoms with E-state index in [2.05, 4.69) is 5.32 Å². The molecule has 1 amide bonds. The standard InChI is InChI=1S/C22H21FN2O3/c1-28-20-10-8-19(9-11-20)25-15-17(7-12-21(25)26)22(27)24-13-3-5-16-4-2-6-18(23)14-16/h2,4,6-12,14-15H,3,5,13H2,1H3,(H,24,27). The van der Waals surface area contributed by atoms with Crippen LogP contribution < -0.4 is 15.6 Å². The van der Waals surface area contributed by atoms with E-state index in [1.807, 2.05) is 6.07 Å². The predicted octanol–water partition coefficient (Wildman–Crippen LogP) is 3.35. The fourth-order valence-corrected chi connectivity index (χ4v) is 2.85. The fourth-order valence-electron chi connectivity index (χ4n) is 2.85. The summed E-state index contributed by atoms with van der Waals surface area (Å²) >= 11 is 0. The van der Waals surface area contributed by atoms with E-state index in [9.17, 15) is 14.0 Å². The molecule has 1 heterocycles. The van der Waals surface area contributed by atoms with Crippen LogP contribution in [0.2, 0.25) is 0 Å². The Balaban J connectivity index is 1.62. The maximum atomic E-state index is 13.2. The molecule has 0 saturated carbocycles. The number of amides is 1. The first-order chi connectivity index (χ1) is 13.6. The highest BCUT2D eigenvalue weighted by Crippen LogP contribution is 2.14. The lowest BCUT2D eigenvalue weighted by atomic mass is 10.1. The van der Waals surface area contributed by atoms with E-state index in [-0.39, 0.29) is 17.3 Å². The van der Waals surface area contributed by atoms with Gasteiger partial charge in [0, 0.05) is 24.5 Å². The summed E-state index contributed by atoms with van der Waals surface area (Å²) in [6, 6.07) is 16.3. The second kappa shape index (κ2) is 8.99. The van der Waals surface area contributed by atoms with E-state index in [0.717, 1.165) is 5.56 Å². The SMILES string of the molecule is COc1ccc(-n2cc(C(=O)NCCCc3cccc(F)c3)ccc2=O)cc1. The van der Waals surface area contributed by atoms with Crippen molar-refractivity contribution >= 4 is 5.91 Å². The van der Waals surface area contributed by atoms with E-state index in [1.54, 1.807) is 37.4 Å². The molecule has 0 atom stereocenters. The third-order valence-corrected chi connectivity index (χ3v) is 4.34. The Labute approximate surface area is 162 Å². The average Bonchev–Trinajstić information content (AvgIpc) is 2.71. The highest BCUT2D eigenvalue weighted by atomic mass is 19.1. The third kappa shape index (κ3) is 4.85. The van der Waals surface area contributed by atoms with Crippen LogP contribution in [0.15, 0.2) is 71.7 Å². The van der Waals surface area contributed by atoms with Gasteiger partial charge in [0.1, 0.15) is 11.6 Å². The van der Waals surface area contributed by atoms with Crippen molar-refractivity contribution in [2.24, 2.45) is 0 Å². The number of hydrogen-bond acceptors (Lipinski definition) is 3. The van der Waals surface area contributed by atoms with E-state index < -0.39 is 0 Å². The molecule has 1 N–H and O–H groups in total. The van der Waals surface area contributed by atoms with Crippen LogP contribution in [0.25, 0.3) is 5.69 Å². The topological polar surface area (TPSA) is 60.3 Å². The van der Waals surface area contributed by atoms with Gasteiger partial charge < -0.3 is 10.1 Å². The number of methoxy groups -OCH3 is 1. The Hall–Kier alpha value is -3.41. The van der Waals surface area contributed by atoms with Gasteiger partial charge in [-0.15, -0.1) is 0 Å². The van der Waals surface area contributed by atoms with Crippen LogP contribution in [0.1, 0.15) is 22.3 Å². The summed E-state index contributed by atoms with van der Waals surface area (Å²) in [5, 5.41) is 2.83. The van der Waals surface area contributed by atoms with Crippen molar-refractivity contribution in [1.29, 1.82) is 0 Å². The number of carbonyl (C=O) groups excluding carboxylic acids is 1. The van der Waals surface area contributed by atoms with Crippen molar-refractivity contribution in [3.05, 3.63) is 94.2 Å². The Morgan fingerprint density at radius 1 is 1.11 bits per heavy atom. The number of halogens is 1. The molecule has 3 aromatic rings. The van der Waals surface area contributed by atoms with Crippen molar-refractivity contribution in [2.75, 3.05) is 13.7 Å². The summed E-state index contributed by atoms with van der Waals surface area (Å²) < 4.78 is 19.7. The quantitative estimate of drug-likeness (QED) is 0.640. The maximum Gasteiger partial charge on any atom is 0.255 e. The maximum absolute atomic E-state index is 13.2. The number of ether oxygens (including phenoxy) is 1. The Morgan fingerprint density at radius 2 is 1.89 bits per heavy atom. The van der Waals surface area contributed by atoms with Gasteiger partial charge in [-0.1, -0.05) is 12.1 Å². The van der Waals surface area contributed by atoms with Crippen molar-refractivity contribution < 1.29 is 13.9 Å². The first-order valence-corrected chi connectivity index (χ1v) is 8.96. The number of aryl methyl sites for hydroxylation is 1. The number of rotatable bonds is 7. The molecule has 1 aromatic heterocycles. The molecule has 0 aliphatic heterocycles. The normalized spacial score (nSPS) is 10.5. The number of carbonyl (C=O) groups is 1. The molecule has 0 spiro atoms. The molecule has 5 nitrogen and oxygen atoms in total. The first kappa shape index (κ1) is 19.4. The highest BCUT2D eigenvalue weighted by molar-refractivity contribution is 5.93. The zero-order valence-electron chi connectivity index (χ0n) is 15.5. The van der Waals surface area contributed by atoms with Gasteiger partial charge in [-0.05, 0) is 60.9 Å². The zero-order chi connectivity index (χ0) is 19.9. The highest BCUT2D eigenvalue weighted by Gasteiger charge is 2.08. The van der Waals surface area contributed by atoms with Gasteiger partial charge >= 0.3 is 0 Å². The predicted molar refractivity (Wildman–Crippen MR) is 106 cm³/mol. The van der Waals surface area contributed by atoms with Gasteiger partial charge in [-0.2, -0.15) is 0 Å². The summed E-state index contributed by atoms with van der Waals surface area (Å²) in [5.41, 5.74) is 1.70. The van der Waals surface area contributed by atoms with Crippen LogP contribution in [0.4, 0.5) is 4.39 Å². The molecule has 0 radical (unpaired) electrons. The van der Waals surface area contributed by atoms with Gasteiger partial charge in [0.15, 0.2) is 0 Å². The zero-order valence-corrected chi connectivity index (χ0v) is 15.5. The summed E-state index contributed by atoms with van der Waals surface area (Å²) in [5.74, 6) is 0.160. The minimum absolute atomic E-state index is 0.229. The van der Waals surface area contributed by atoms with E-state index in [1.165, 1.54) is 35.0 Å². The smallest absolute Gasteiger partial charge is 0.255 e. The minimum atomic E-state index is -0.262. The van der Waals surface area contributed by atoms with E-state index in [0.29, 0.717) is 36.4 Å². The molecule has 0 fully saturated rings. The average molecular weight is 380 g/mol. The summed E-state index contributed by atoms with van der Waals surface area (Å²) in [6.07, 6.45) is 2.88. The summed E-state index contributed by atoms with van der Waals surface area (Å²) in [6.45, 7) is 0.455. The molecular formula is C22H21FN2O3. The minimum Gasteiger partial charge on any atom is -0.497 e. The molecule has 0 bridgehead atoms. The molecular weight excluding hydrogens is 359 g/mol. The number of aromatic nitrogens is 1. The van der Waals surface area contributed by atoms with Crippen LogP contribution >= 0.6 is 0 Å². The van der Waals surface area contributed by atoms with Crippen LogP contribution in [-0.2, 0) is 6.42 Å². The van der Waals surface area contributed by atoms with E-state index >= 15 is 0 Å². The molecule has 0 unspecified atom stereocenters. The van der Waals surface area contributed by atoms with Crippen LogP contribution in [-0.4, -0.2) is 24.1 Å². The van der Waals surface area contributed by atoms with Crippen molar-refractivity contribution in [2.45, 2.75) is 12.8 Å². The van der Waals surface area contributed by atoms with Crippen molar-refractivity contribution in [3.8, 4) is 11.4 Å². The van der Waals surface area contributed by atoms with Gasteiger partial charge in [0.05, 0.1) is 12.7 Å². The molecule has 0 aliphatic rings. The molecule has 144 valence electrons. The molecule has 28 heavy (non-hydrogen) atoms. The Morgan fingerprint density at radius 3 is 2.61 bits per heavy atom. The van der Waals surface area contributed by atoms with Crippen molar-refractivity contribution in [3.63, 3.8) is 0 Å². The molecule has 0 aliphatic carbocycles. The van der Waals surface area contributed by atoms with Gasteiger partial charge in [0.25, 0.3) is 11.5 Å². The molecule has 0 saturated heterocycles. The largest absolute Gasteiger partial charge is 0.497 e. The second-order valence-electron chi connectivity index (χ2n) is 6.31. The molecule has 3 rings (SSSR count). The summed E-state index contributed by atoms with van der Waals surface area (Å²) in [4.78, 5) is 24.6. The lowest BCUT2D eigenvalue weighted by Gasteiger charge is -2.10. The van der Waals surface area contributed by atoms with Gasteiger partial charge in [-0.3, -0.25) is 14.2 Å². The molecule has 2 aromatic carbocycles. The fraction of sp³-hybridized carbons (Fsp3) is 0.182. The van der Waals surface area contributed by atoms with Gasteiger partial charge in [-0.25, -0.2) is 4.39 Å². The summed E-state index contributed by atoms with van der Waals surface area (Å²) in [7, 11) is 1.57. The Kier molecular flexibility index (Phi) is 6.22. The van der Waals surface area contributed by atoms with Crippen LogP contribution in [0.5, 0.6) is 5.75 Å². The number of pyridine rings is 1.